The van der Waals surface area contributed by atoms with Gasteiger partial charge in [0.05, 0.1) is 5.25 Å². The molecule has 118 valence electrons. The standard InChI is InChI=1S/C13H16N4O3S2/c1-6-5-21-12(15-6)22-7(2)9(18)8-10(14)16(3)13(20)17(4)11(8)19/h5,7H,14H2,1-4H3/t7-/m0/s1. The summed E-state index contributed by atoms with van der Waals surface area (Å²) in [6.45, 7) is 3.56. The number of aryl methyl sites for hydroxylation is 1. The van der Waals surface area contributed by atoms with Crippen LogP contribution in [0.2, 0.25) is 0 Å². The van der Waals surface area contributed by atoms with E-state index >= 15 is 0 Å². The summed E-state index contributed by atoms with van der Waals surface area (Å²) in [6.07, 6.45) is 0. The number of thiazole rings is 1. The van der Waals surface area contributed by atoms with Gasteiger partial charge in [-0.25, -0.2) is 9.78 Å². The van der Waals surface area contributed by atoms with Crippen molar-refractivity contribution in [1.29, 1.82) is 0 Å². The van der Waals surface area contributed by atoms with Gasteiger partial charge in [0, 0.05) is 25.2 Å². The second-order valence-corrected chi connectivity index (χ2v) is 7.29. The van der Waals surface area contributed by atoms with Gasteiger partial charge < -0.3 is 5.73 Å². The normalized spacial score (nSPS) is 12.4. The molecule has 2 rings (SSSR count). The largest absolute Gasteiger partial charge is 0.384 e. The Bertz CT molecular complexity index is 850. The lowest BCUT2D eigenvalue weighted by atomic mass is 10.1. The molecule has 0 unspecified atom stereocenters. The lowest BCUT2D eigenvalue weighted by molar-refractivity contribution is 0.0992. The number of anilines is 1. The Labute approximate surface area is 134 Å². The van der Waals surface area contributed by atoms with Gasteiger partial charge in [-0.05, 0) is 13.8 Å². The molecule has 9 heteroatoms. The van der Waals surface area contributed by atoms with Crippen LogP contribution in [0.3, 0.4) is 0 Å². The quantitative estimate of drug-likeness (QED) is 0.652. The van der Waals surface area contributed by atoms with E-state index in [9.17, 15) is 14.4 Å². The molecule has 2 heterocycles. The van der Waals surface area contributed by atoms with Crippen molar-refractivity contribution < 1.29 is 4.79 Å². The fourth-order valence-electron chi connectivity index (χ4n) is 1.89. The number of carbonyl (C=O) groups is 1. The first kappa shape index (κ1) is 16.5. The van der Waals surface area contributed by atoms with Gasteiger partial charge in [-0.3, -0.25) is 18.7 Å². The Morgan fingerprint density at radius 2 is 2.00 bits per heavy atom. The minimum atomic E-state index is -0.673. The van der Waals surface area contributed by atoms with E-state index in [1.807, 2.05) is 12.3 Å². The SMILES string of the molecule is Cc1csc(S[C@@H](C)C(=O)c2c(N)n(C)c(=O)n(C)c2=O)n1. The smallest absolute Gasteiger partial charge is 0.332 e. The fourth-order valence-corrected chi connectivity index (χ4v) is 3.93. The summed E-state index contributed by atoms with van der Waals surface area (Å²) in [7, 11) is 2.75. The average molecular weight is 340 g/mol. The number of nitrogen functional groups attached to an aromatic ring is 1. The van der Waals surface area contributed by atoms with Crippen molar-refractivity contribution in [2.24, 2.45) is 14.1 Å². The molecule has 0 amide bonds. The summed E-state index contributed by atoms with van der Waals surface area (Å²) in [5.41, 5.74) is 5.29. The number of thioether (sulfide) groups is 1. The van der Waals surface area contributed by atoms with Crippen LogP contribution in [0, 0.1) is 6.92 Å². The van der Waals surface area contributed by atoms with Crippen LogP contribution in [0.25, 0.3) is 0 Å². The highest BCUT2D eigenvalue weighted by atomic mass is 32.2. The molecule has 0 aliphatic heterocycles. The number of aromatic nitrogens is 3. The van der Waals surface area contributed by atoms with Gasteiger partial charge in [0.1, 0.15) is 11.4 Å². The van der Waals surface area contributed by atoms with Crippen molar-refractivity contribution in [2.45, 2.75) is 23.4 Å². The van der Waals surface area contributed by atoms with Crippen molar-refractivity contribution in [3.05, 3.63) is 37.5 Å². The molecule has 2 aromatic heterocycles. The van der Waals surface area contributed by atoms with Gasteiger partial charge in [-0.2, -0.15) is 0 Å². The predicted molar refractivity (Wildman–Crippen MR) is 87.8 cm³/mol. The molecule has 2 aromatic rings. The minimum Gasteiger partial charge on any atom is -0.384 e. The molecule has 0 radical (unpaired) electrons. The number of hydrogen-bond donors (Lipinski definition) is 1. The Kier molecular flexibility index (Phi) is 4.57. The second kappa shape index (κ2) is 6.09. The molecule has 22 heavy (non-hydrogen) atoms. The molecule has 1 atom stereocenters. The zero-order chi connectivity index (χ0) is 16.6. The van der Waals surface area contributed by atoms with Crippen molar-refractivity contribution in [2.75, 3.05) is 5.73 Å². The van der Waals surface area contributed by atoms with E-state index in [0.717, 1.165) is 19.2 Å². The first-order valence-corrected chi connectivity index (χ1v) is 8.18. The highest BCUT2D eigenvalue weighted by Gasteiger charge is 2.25. The molecule has 0 aliphatic carbocycles. The van der Waals surface area contributed by atoms with Crippen LogP contribution in [0.5, 0.6) is 0 Å². The Balaban J connectivity index is 2.41. The molecule has 0 fully saturated rings. The zero-order valence-electron chi connectivity index (χ0n) is 12.6. The van der Waals surface area contributed by atoms with Gasteiger partial charge in [0.25, 0.3) is 5.56 Å². The first-order chi connectivity index (χ1) is 10.2. The molecule has 0 spiro atoms. The van der Waals surface area contributed by atoms with Gasteiger partial charge >= 0.3 is 5.69 Å². The number of nitrogens with zero attached hydrogens (tertiary/aromatic N) is 3. The van der Waals surface area contributed by atoms with Crippen LogP contribution in [0.15, 0.2) is 19.3 Å². The summed E-state index contributed by atoms with van der Waals surface area (Å²) in [6, 6.07) is 0. The van der Waals surface area contributed by atoms with Crippen LogP contribution in [-0.2, 0) is 14.1 Å². The van der Waals surface area contributed by atoms with Gasteiger partial charge in [-0.15, -0.1) is 11.3 Å². The van der Waals surface area contributed by atoms with Gasteiger partial charge in [-0.1, -0.05) is 11.8 Å². The molecule has 7 nitrogen and oxygen atoms in total. The van der Waals surface area contributed by atoms with E-state index in [1.54, 1.807) is 6.92 Å². The maximum absolute atomic E-state index is 12.6. The average Bonchev–Trinajstić information content (AvgIpc) is 2.88. The van der Waals surface area contributed by atoms with Gasteiger partial charge in [0.2, 0.25) is 0 Å². The minimum absolute atomic E-state index is 0.110. The van der Waals surface area contributed by atoms with E-state index in [0.29, 0.717) is 0 Å². The van der Waals surface area contributed by atoms with Crippen LogP contribution in [0.4, 0.5) is 5.82 Å². The van der Waals surface area contributed by atoms with E-state index < -0.39 is 22.3 Å². The number of Topliss-reactive ketones (excluding diaryl/α,β-unsaturated/α-hetero) is 1. The molecule has 0 bridgehead atoms. The number of rotatable bonds is 4. The predicted octanol–water partition coefficient (Wildman–Crippen LogP) is 0.795. The maximum atomic E-state index is 12.6. The summed E-state index contributed by atoms with van der Waals surface area (Å²) in [5.74, 6) is -0.521. The highest BCUT2D eigenvalue weighted by Crippen LogP contribution is 2.28. The van der Waals surface area contributed by atoms with Crippen molar-refractivity contribution >= 4 is 34.7 Å². The molecule has 0 aromatic carbocycles. The first-order valence-electron chi connectivity index (χ1n) is 6.42. The topological polar surface area (TPSA) is 100.0 Å². The van der Waals surface area contributed by atoms with E-state index in [4.69, 9.17) is 5.73 Å². The summed E-state index contributed by atoms with van der Waals surface area (Å²) in [4.78, 5) is 40.8. The number of ketones is 1. The van der Waals surface area contributed by atoms with Crippen molar-refractivity contribution in [3.8, 4) is 0 Å². The second-order valence-electron chi connectivity index (χ2n) is 4.85. The monoisotopic (exact) mass is 340 g/mol. The fraction of sp³-hybridized carbons (Fsp3) is 0.385. The Morgan fingerprint density at radius 1 is 1.36 bits per heavy atom. The Morgan fingerprint density at radius 3 is 2.55 bits per heavy atom. The van der Waals surface area contributed by atoms with Crippen molar-refractivity contribution in [1.82, 2.24) is 14.1 Å². The highest BCUT2D eigenvalue weighted by molar-refractivity contribution is 8.02. The zero-order valence-corrected chi connectivity index (χ0v) is 14.2. The molecule has 0 aliphatic rings. The summed E-state index contributed by atoms with van der Waals surface area (Å²) >= 11 is 2.70. The Hall–Kier alpha value is -1.87. The maximum Gasteiger partial charge on any atom is 0.332 e. The lowest BCUT2D eigenvalue weighted by Gasteiger charge is -2.13. The van der Waals surface area contributed by atoms with E-state index in [2.05, 4.69) is 4.98 Å². The number of nitrogens with two attached hydrogens (primary N) is 1. The lowest BCUT2D eigenvalue weighted by Crippen LogP contribution is -2.42. The van der Waals surface area contributed by atoms with Crippen LogP contribution in [0.1, 0.15) is 23.0 Å². The molecule has 0 saturated heterocycles. The van der Waals surface area contributed by atoms with Crippen LogP contribution in [-0.4, -0.2) is 25.2 Å². The summed E-state index contributed by atoms with van der Waals surface area (Å²) in [5, 5.41) is 1.36. The van der Waals surface area contributed by atoms with E-state index in [1.165, 1.54) is 37.2 Å². The molecule has 2 N–H and O–H groups in total. The number of carbonyl (C=O) groups excluding carboxylic acids is 1. The van der Waals surface area contributed by atoms with Gasteiger partial charge in [0.15, 0.2) is 10.1 Å². The third-order valence-corrected chi connectivity index (χ3v) is 5.39. The molecular weight excluding hydrogens is 324 g/mol. The van der Waals surface area contributed by atoms with E-state index in [-0.39, 0.29) is 11.4 Å². The third kappa shape index (κ3) is 2.86. The van der Waals surface area contributed by atoms with Crippen LogP contribution >= 0.6 is 23.1 Å². The molecular formula is C13H16N4O3S2. The van der Waals surface area contributed by atoms with Crippen LogP contribution < -0.4 is 17.0 Å². The van der Waals surface area contributed by atoms with Crippen molar-refractivity contribution in [3.63, 3.8) is 0 Å². The number of hydrogen-bond acceptors (Lipinski definition) is 7. The summed E-state index contributed by atoms with van der Waals surface area (Å²) < 4.78 is 2.73. The third-order valence-electron chi connectivity index (χ3n) is 3.20. The molecule has 0 saturated carbocycles.